The van der Waals surface area contributed by atoms with Crippen LogP contribution in [0.5, 0.6) is 0 Å². The Morgan fingerprint density at radius 1 is 1.35 bits per heavy atom. The van der Waals surface area contributed by atoms with Crippen LogP contribution in [0.4, 0.5) is 0 Å². The molecule has 1 fully saturated rings. The monoisotopic (exact) mass is 292 g/mol. The average molecular weight is 292 g/mol. The number of aromatic nitrogens is 4. The third-order valence-electron chi connectivity index (χ3n) is 4.66. The molecule has 2 heterocycles. The van der Waals surface area contributed by atoms with Crippen LogP contribution < -0.4 is 0 Å². The van der Waals surface area contributed by atoms with Crippen molar-refractivity contribution < 1.29 is 0 Å². The van der Waals surface area contributed by atoms with E-state index in [9.17, 15) is 0 Å². The number of fused-ring (bicyclic) bond motifs is 1. The molecule has 3 rings (SSSR count). The Morgan fingerprint density at radius 2 is 2.05 bits per heavy atom. The molecule has 0 bridgehead atoms. The van der Waals surface area contributed by atoms with Gasteiger partial charge in [-0.1, -0.05) is 33.1 Å². The molecule has 0 aliphatic heterocycles. The molecule has 0 unspecified atom stereocenters. The molecule has 110 valence electrons. The number of H-pyrrole nitrogens is 1. The Kier molecular flexibility index (Phi) is 3.48. The molecule has 0 atom stereocenters. The minimum absolute atomic E-state index is 0.391. The second kappa shape index (κ2) is 5.02. The van der Waals surface area contributed by atoms with E-state index in [0.717, 1.165) is 41.0 Å². The van der Waals surface area contributed by atoms with E-state index in [-0.39, 0.29) is 0 Å². The molecule has 0 amide bonds. The fraction of sp³-hybridized carbons (Fsp3) is 0.733. The summed E-state index contributed by atoms with van der Waals surface area (Å²) in [6.45, 7) is 5.59. The fourth-order valence-corrected chi connectivity index (χ4v) is 3.86. The average Bonchev–Trinajstić information content (AvgIpc) is 3.02. The molecule has 0 aromatic carbocycles. The number of aryl methyl sites for hydroxylation is 2. The minimum Gasteiger partial charge on any atom is -0.328 e. The van der Waals surface area contributed by atoms with Crippen molar-refractivity contribution in [3.05, 3.63) is 10.5 Å². The molecule has 0 radical (unpaired) electrons. The van der Waals surface area contributed by atoms with Gasteiger partial charge in [-0.3, -0.25) is 4.68 Å². The van der Waals surface area contributed by atoms with Gasteiger partial charge in [0.15, 0.2) is 10.4 Å². The summed E-state index contributed by atoms with van der Waals surface area (Å²) in [5.74, 6) is 0. The van der Waals surface area contributed by atoms with Gasteiger partial charge in [0, 0.05) is 13.6 Å². The van der Waals surface area contributed by atoms with E-state index >= 15 is 0 Å². The number of hydrogen-bond acceptors (Lipinski definition) is 2. The van der Waals surface area contributed by atoms with Crippen molar-refractivity contribution in [3.63, 3.8) is 0 Å². The summed E-state index contributed by atoms with van der Waals surface area (Å²) in [6, 6.07) is 0. The quantitative estimate of drug-likeness (QED) is 0.866. The zero-order chi connectivity index (χ0) is 14.3. The van der Waals surface area contributed by atoms with Crippen molar-refractivity contribution in [1.82, 2.24) is 19.3 Å². The molecule has 20 heavy (non-hydrogen) atoms. The Morgan fingerprint density at radius 3 is 2.70 bits per heavy atom. The predicted molar refractivity (Wildman–Crippen MR) is 84.5 cm³/mol. The van der Waals surface area contributed by atoms with E-state index in [1.54, 1.807) is 0 Å². The Balaban J connectivity index is 2.06. The van der Waals surface area contributed by atoms with Crippen LogP contribution in [0.25, 0.3) is 11.2 Å². The minimum atomic E-state index is 0.391. The molecule has 4 nitrogen and oxygen atoms in total. The second-order valence-electron chi connectivity index (χ2n) is 6.55. The maximum absolute atomic E-state index is 5.56. The van der Waals surface area contributed by atoms with Gasteiger partial charge in [0.25, 0.3) is 0 Å². The molecular formula is C15H24N4S. The largest absolute Gasteiger partial charge is 0.328 e. The summed E-state index contributed by atoms with van der Waals surface area (Å²) < 4.78 is 5.10. The van der Waals surface area contributed by atoms with Gasteiger partial charge < -0.3 is 9.55 Å². The summed E-state index contributed by atoms with van der Waals surface area (Å²) in [6.07, 6.45) is 7.43. The van der Waals surface area contributed by atoms with Crippen LogP contribution in [0.3, 0.4) is 0 Å². The Labute approximate surface area is 125 Å². The molecule has 0 saturated heterocycles. The maximum atomic E-state index is 5.56. The topological polar surface area (TPSA) is 38.5 Å². The van der Waals surface area contributed by atoms with Crippen molar-refractivity contribution >= 4 is 23.4 Å². The lowest BCUT2D eigenvalue weighted by Gasteiger charge is -2.24. The molecule has 1 N–H and O–H groups in total. The molecule has 2 aromatic heterocycles. The van der Waals surface area contributed by atoms with Crippen LogP contribution in [0.15, 0.2) is 0 Å². The van der Waals surface area contributed by atoms with Gasteiger partial charge in [0.2, 0.25) is 0 Å². The number of nitrogens with one attached hydrogen (secondary N) is 1. The first kappa shape index (κ1) is 13.9. The number of aromatic amines is 1. The summed E-state index contributed by atoms with van der Waals surface area (Å²) >= 11 is 5.56. The molecule has 5 heteroatoms. The van der Waals surface area contributed by atoms with Gasteiger partial charge in [-0.15, -0.1) is 0 Å². The molecular weight excluding hydrogens is 268 g/mol. The summed E-state index contributed by atoms with van der Waals surface area (Å²) in [7, 11) is 2.03. The van der Waals surface area contributed by atoms with Gasteiger partial charge >= 0.3 is 0 Å². The maximum Gasteiger partial charge on any atom is 0.179 e. The molecule has 0 spiro atoms. The smallest absolute Gasteiger partial charge is 0.179 e. The third-order valence-corrected chi connectivity index (χ3v) is 4.98. The van der Waals surface area contributed by atoms with Crippen molar-refractivity contribution in [2.24, 2.45) is 12.5 Å². The lowest BCUT2D eigenvalue weighted by Crippen LogP contribution is -2.20. The van der Waals surface area contributed by atoms with Crippen molar-refractivity contribution in [2.45, 2.75) is 58.9 Å². The van der Waals surface area contributed by atoms with E-state index < -0.39 is 0 Å². The molecule has 1 saturated carbocycles. The lowest BCUT2D eigenvalue weighted by molar-refractivity contribution is 0.282. The SMILES string of the molecule is CCCc1nn(C)c2c1[nH]c(=S)n2CC1(C)CCCC1. The highest BCUT2D eigenvalue weighted by Crippen LogP contribution is 2.39. The van der Waals surface area contributed by atoms with Crippen molar-refractivity contribution in [2.75, 3.05) is 0 Å². The number of hydrogen-bond donors (Lipinski definition) is 1. The van der Waals surface area contributed by atoms with Crippen molar-refractivity contribution in [1.29, 1.82) is 0 Å². The number of rotatable bonds is 4. The zero-order valence-electron chi connectivity index (χ0n) is 12.7. The first-order valence-electron chi connectivity index (χ1n) is 7.68. The predicted octanol–water partition coefficient (Wildman–Crippen LogP) is 3.97. The van der Waals surface area contributed by atoms with Gasteiger partial charge in [-0.25, -0.2) is 0 Å². The highest BCUT2D eigenvalue weighted by Gasteiger charge is 2.30. The van der Waals surface area contributed by atoms with E-state index in [2.05, 4.69) is 28.5 Å². The molecule has 2 aromatic rings. The first-order valence-corrected chi connectivity index (χ1v) is 8.09. The third kappa shape index (κ3) is 2.22. The fourth-order valence-electron chi connectivity index (χ4n) is 3.60. The normalized spacial score (nSPS) is 18.1. The molecule has 1 aliphatic carbocycles. The van der Waals surface area contributed by atoms with Gasteiger partial charge in [0.1, 0.15) is 5.52 Å². The van der Waals surface area contributed by atoms with Crippen LogP contribution >= 0.6 is 12.2 Å². The van der Waals surface area contributed by atoms with Gasteiger partial charge in [-0.05, 0) is 36.9 Å². The van der Waals surface area contributed by atoms with Crippen LogP contribution in [-0.2, 0) is 20.0 Å². The van der Waals surface area contributed by atoms with Crippen LogP contribution in [0.1, 0.15) is 51.6 Å². The lowest BCUT2D eigenvalue weighted by atomic mass is 9.89. The van der Waals surface area contributed by atoms with Crippen molar-refractivity contribution in [3.8, 4) is 0 Å². The summed E-state index contributed by atoms with van der Waals surface area (Å²) in [4.78, 5) is 3.39. The van der Waals surface area contributed by atoms with E-state index in [1.807, 2.05) is 11.7 Å². The highest BCUT2D eigenvalue weighted by atomic mass is 32.1. The zero-order valence-corrected chi connectivity index (χ0v) is 13.5. The first-order chi connectivity index (χ1) is 9.54. The Hall–Kier alpha value is -1.10. The van der Waals surface area contributed by atoms with Crippen LogP contribution in [-0.4, -0.2) is 19.3 Å². The van der Waals surface area contributed by atoms with Crippen LogP contribution in [0.2, 0.25) is 0 Å². The van der Waals surface area contributed by atoms with Gasteiger partial charge in [0.05, 0.1) is 5.69 Å². The number of imidazole rings is 1. The Bertz CT molecular complexity index is 670. The van der Waals surface area contributed by atoms with Gasteiger partial charge in [-0.2, -0.15) is 5.10 Å². The van der Waals surface area contributed by atoms with E-state index in [0.29, 0.717) is 5.41 Å². The second-order valence-corrected chi connectivity index (χ2v) is 6.94. The van der Waals surface area contributed by atoms with E-state index in [1.165, 1.54) is 25.7 Å². The standard InChI is InChI=1S/C15H24N4S/c1-4-7-11-12-13(18(3)17-11)19(14(20)16-12)10-15(2)8-5-6-9-15/h4-10H2,1-3H3,(H,16,20). The van der Waals surface area contributed by atoms with E-state index in [4.69, 9.17) is 12.2 Å². The molecule has 1 aliphatic rings. The van der Waals surface area contributed by atoms with Crippen LogP contribution in [0, 0.1) is 10.2 Å². The number of nitrogens with zero attached hydrogens (tertiary/aromatic N) is 3. The highest BCUT2D eigenvalue weighted by molar-refractivity contribution is 7.71. The summed E-state index contributed by atoms with van der Waals surface area (Å²) in [5, 5.41) is 4.66. The summed E-state index contributed by atoms with van der Waals surface area (Å²) in [5.41, 5.74) is 3.83.